The number of hydrogen-bond acceptors (Lipinski definition) is 6. The first kappa shape index (κ1) is 18.9. The molecule has 0 bridgehead atoms. The molecule has 1 aromatic heterocycles. The molecule has 0 aliphatic carbocycles. The van der Waals surface area contributed by atoms with Gasteiger partial charge in [-0.1, -0.05) is 13.0 Å². The van der Waals surface area contributed by atoms with Gasteiger partial charge in [-0.25, -0.2) is 9.97 Å². The monoisotopic (exact) mass is 369 g/mol. The zero-order valence-electron chi connectivity index (χ0n) is 16.2. The largest absolute Gasteiger partial charge is 0.494 e. The van der Waals surface area contributed by atoms with Crippen LogP contribution < -0.4 is 15.0 Å². The van der Waals surface area contributed by atoms with Gasteiger partial charge in [0.25, 0.3) is 0 Å². The Morgan fingerprint density at radius 3 is 2.81 bits per heavy atom. The van der Waals surface area contributed by atoms with E-state index in [2.05, 4.69) is 41.3 Å². The van der Waals surface area contributed by atoms with Crippen LogP contribution >= 0.6 is 0 Å². The van der Waals surface area contributed by atoms with Crippen LogP contribution in [-0.4, -0.2) is 54.1 Å². The van der Waals surface area contributed by atoms with Gasteiger partial charge in [0, 0.05) is 32.7 Å². The van der Waals surface area contributed by atoms with Crippen LogP contribution in [0.25, 0.3) is 0 Å². The van der Waals surface area contributed by atoms with Crippen molar-refractivity contribution in [3.8, 4) is 5.75 Å². The standard InChI is InChI=1S/C20H27N5O2/c1-4-9-27-17-6-5-16(15(2)10-17)12-21-18-11-19(23-14-22-18)25-8-7-24(3)20(26)13-25/h5-6,10-11,14H,4,7-9,12-13H2,1-3H3,(H,21,22,23). The van der Waals surface area contributed by atoms with Crippen molar-refractivity contribution in [2.24, 2.45) is 0 Å². The highest BCUT2D eigenvalue weighted by Crippen LogP contribution is 2.20. The van der Waals surface area contributed by atoms with Gasteiger partial charge in [0.05, 0.1) is 13.2 Å². The predicted molar refractivity (Wildman–Crippen MR) is 106 cm³/mol. The van der Waals surface area contributed by atoms with E-state index in [1.165, 1.54) is 17.5 Å². The first-order valence-electron chi connectivity index (χ1n) is 9.34. The van der Waals surface area contributed by atoms with Crippen molar-refractivity contribution in [3.05, 3.63) is 41.7 Å². The van der Waals surface area contributed by atoms with E-state index in [-0.39, 0.29) is 5.91 Å². The van der Waals surface area contributed by atoms with Crippen molar-refractivity contribution in [2.75, 3.05) is 43.5 Å². The number of ether oxygens (including phenoxy) is 1. The zero-order valence-corrected chi connectivity index (χ0v) is 16.2. The Hall–Kier alpha value is -2.83. The Labute approximate surface area is 160 Å². The first-order valence-corrected chi connectivity index (χ1v) is 9.34. The molecule has 1 aliphatic rings. The van der Waals surface area contributed by atoms with E-state index in [0.717, 1.165) is 37.0 Å². The Bertz CT molecular complexity index is 796. The molecule has 7 nitrogen and oxygen atoms in total. The number of hydrogen-bond donors (Lipinski definition) is 1. The number of rotatable bonds is 7. The maximum Gasteiger partial charge on any atom is 0.241 e. The fraction of sp³-hybridized carbons (Fsp3) is 0.450. The molecule has 3 rings (SSSR count). The van der Waals surface area contributed by atoms with Gasteiger partial charge in [0.15, 0.2) is 0 Å². The lowest BCUT2D eigenvalue weighted by Crippen LogP contribution is -2.48. The molecule has 1 aliphatic heterocycles. The Kier molecular flexibility index (Phi) is 6.11. The molecular weight excluding hydrogens is 342 g/mol. The van der Waals surface area contributed by atoms with Gasteiger partial charge < -0.3 is 19.9 Å². The molecule has 1 amide bonds. The van der Waals surface area contributed by atoms with E-state index in [0.29, 0.717) is 19.6 Å². The van der Waals surface area contributed by atoms with E-state index in [1.54, 1.807) is 4.90 Å². The molecule has 1 aromatic carbocycles. The van der Waals surface area contributed by atoms with Crippen molar-refractivity contribution in [1.82, 2.24) is 14.9 Å². The third-order valence-corrected chi connectivity index (χ3v) is 4.68. The second kappa shape index (κ2) is 8.70. The summed E-state index contributed by atoms with van der Waals surface area (Å²) in [5, 5.41) is 3.35. The van der Waals surface area contributed by atoms with Gasteiger partial charge in [-0.2, -0.15) is 0 Å². The van der Waals surface area contributed by atoms with Gasteiger partial charge >= 0.3 is 0 Å². The third kappa shape index (κ3) is 4.87. The lowest BCUT2D eigenvalue weighted by molar-refractivity contribution is -0.129. The van der Waals surface area contributed by atoms with Gasteiger partial charge in [-0.3, -0.25) is 4.79 Å². The molecule has 1 saturated heterocycles. The molecule has 0 atom stereocenters. The number of nitrogens with one attached hydrogen (secondary N) is 1. The van der Waals surface area contributed by atoms with E-state index < -0.39 is 0 Å². The zero-order chi connectivity index (χ0) is 19.2. The number of carbonyl (C=O) groups excluding carboxylic acids is 1. The summed E-state index contributed by atoms with van der Waals surface area (Å²) in [6.45, 7) is 7.41. The van der Waals surface area contributed by atoms with Crippen LogP contribution in [0, 0.1) is 6.92 Å². The summed E-state index contributed by atoms with van der Waals surface area (Å²) in [6.07, 6.45) is 2.53. The van der Waals surface area contributed by atoms with Gasteiger partial charge in [0.2, 0.25) is 5.91 Å². The van der Waals surface area contributed by atoms with Crippen molar-refractivity contribution >= 4 is 17.5 Å². The Balaban J connectivity index is 1.62. The summed E-state index contributed by atoms with van der Waals surface area (Å²) < 4.78 is 5.68. The number of likely N-dealkylation sites (N-methyl/N-ethyl adjacent to an activating group) is 1. The van der Waals surface area contributed by atoms with Crippen LogP contribution in [0.1, 0.15) is 24.5 Å². The summed E-state index contributed by atoms with van der Waals surface area (Å²) in [5.74, 6) is 2.53. The van der Waals surface area contributed by atoms with Crippen LogP contribution in [-0.2, 0) is 11.3 Å². The molecule has 2 heterocycles. The van der Waals surface area contributed by atoms with Crippen molar-refractivity contribution in [3.63, 3.8) is 0 Å². The third-order valence-electron chi connectivity index (χ3n) is 4.68. The highest BCUT2D eigenvalue weighted by Gasteiger charge is 2.22. The number of amides is 1. The fourth-order valence-electron chi connectivity index (χ4n) is 2.93. The maximum absolute atomic E-state index is 11.9. The number of carbonyl (C=O) groups is 1. The SMILES string of the molecule is CCCOc1ccc(CNc2cc(N3CCN(C)C(=O)C3)ncn2)c(C)c1. The van der Waals surface area contributed by atoms with Crippen LogP contribution in [0.3, 0.4) is 0 Å². The topological polar surface area (TPSA) is 70.6 Å². The Morgan fingerprint density at radius 1 is 1.22 bits per heavy atom. The van der Waals surface area contributed by atoms with Crippen molar-refractivity contribution in [1.29, 1.82) is 0 Å². The summed E-state index contributed by atoms with van der Waals surface area (Å²) in [7, 11) is 1.83. The molecule has 1 fully saturated rings. The predicted octanol–water partition coefficient (Wildman–Crippen LogP) is 2.46. The number of aryl methyl sites for hydroxylation is 1. The minimum atomic E-state index is 0.107. The maximum atomic E-state index is 11.9. The van der Waals surface area contributed by atoms with Crippen molar-refractivity contribution < 1.29 is 9.53 Å². The molecule has 0 saturated carbocycles. The molecule has 144 valence electrons. The molecule has 1 N–H and O–H groups in total. The first-order chi connectivity index (χ1) is 13.1. The number of piperazine rings is 1. The molecule has 7 heteroatoms. The minimum Gasteiger partial charge on any atom is -0.494 e. The van der Waals surface area contributed by atoms with E-state index >= 15 is 0 Å². The molecular formula is C20H27N5O2. The average Bonchev–Trinajstić information content (AvgIpc) is 2.68. The van der Waals surface area contributed by atoms with Crippen LogP contribution in [0.4, 0.5) is 11.6 Å². The van der Waals surface area contributed by atoms with Gasteiger partial charge in [-0.05, 0) is 36.6 Å². The molecule has 2 aromatic rings. The van der Waals surface area contributed by atoms with Crippen molar-refractivity contribution in [2.45, 2.75) is 26.8 Å². The molecule has 0 unspecified atom stereocenters. The normalized spacial score (nSPS) is 14.4. The average molecular weight is 369 g/mol. The molecule has 0 spiro atoms. The van der Waals surface area contributed by atoms with E-state index in [1.807, 2.05) is 24.1 Å². The molecule has 0 radical (unpaired) electrons. The number of anilines is 2. The Morgan fingerprint density at radius 2 is 2.07 bits per heavy atom. The van der Waals surface area contributed by atoms with Gasteiger partial charge in [-0.15, -0.1) is 0 Å². The number of nitrogens with zero attached hydrogens (tertiary/aromatic N) is 4. The number of aromatic nitrogens is 2. The smallest absolute Gasteiger partial charge is 0.241 e. The second-order valence-electron chi connectivity index (χ2n) is 6.79. The summed E-state index contributed by atoms with van der Waals surface area (Å²) >= 11 is 0. The van der Waals surface area contributed by atoms with Crippen LogP contribution in [0.15, 0.2) is 30.6 Å². The molecule has 27 heavy (non-hydrogen) atoms. The van der Waals surface area contributed by atoms with Crippen LogP contribution in [0.5, 0.6) is 5.75 Å². The number of benzene rings is 1. The van der Waals surface area contributed by atoms with Crippen LogP contribution in [0.2, 0.25) is 0 Å². The fourth-order valence-corrected chi connectivity index (χ4v) is 2.93. The minimum absolute atomic E-state index is 0.107. The highest BCUT2D eigenvalue weighted by atomic mass is 16.5. The van der Waals surface area contributed by atoms with Gasteiger partial charge in [0.1, 0.15) is 23.7 Å². The summed E-state index contributed by atoms with van der Waals surface area (Å²) in [5.41, 5.74) is 2.36. The highest BCUT2D eigenvalue weighted by molar-refractivity contribution is 5.82. The summed E-state index contributed by atoms with van der Waals surface area (Å²) in [4.78, 5) is 24.3. The van der Waals surface area contributed by atoms with E-state index in [9.17, 15) is 4.79 Å². The summed E-state index contributed by atoms with van der Waals surface area (Å²) in [6, 6.07) is 8.04. The lowest BCUT2D eigenvalue weighted by Gasteiger charge is -2.32. The quantitative estimate of drug-likeness (QED) is 0.808. The van der Waals surface area contributed by atoms with E-state index in [4.69, 9.17) is 4.74 Å². The second-order valence-corrected chi connectivity index (χ2v) is 6.79. The lowest BCUT2D eigenvalue weighted by atomic mass is 10.1.